The molecule has 0 bridgehead atoms. The summed E-state index contributed by atoms with van der Waals surface area (Å²) in [7, 11) is -1.97. The molecule has 136 valence electrons. The van der Waals surface area contributed by atoms with Crippen molar-refractivity contribution in [2.45, 2.75) is 31.7 Å². The van der Waals surface area contributed by atoms with Crippen LogP contribution in [0.2, 0.25) is 0 Å². The standard InChI is InChI=1S/C17H23N3O4S/c1-18(25(2,23)24)15-10-12-20(17(15)22)14-8-6-13(7-9-14)19-11-4-3-5-16(19)21/h6-9,15H,3-5,10-12H2,1-2H3. The number of anilines is 2. The predicted molar refractivity (Wildman–Crippen MR) is 96.0 cm³/mol. The first-order chi connectivity index (χ1) is 11.8. The van der Waals surface area contributed by atoms with Crippen molar-refractivity contribution < 1.29 is 18.0 Å². The van der Waals surface area contributed by atoms with Crippen LogP contribution in [0.4, 0.5) is 11.4 Å². The van der Waals surface area contributed by atoms with Gasteiger partial charge in [0.05, 0.1) is 6.26 Å². The molecular weight excluding hydrogens is 342 g/mol. The Morgan fingerprint density at radius 1 is 1.00 bits per heavy atom. The largest absolute Gasteiger partial charge is 0.312 e. The molecule has 1 aromatic rings. The van der Waals surface area contributed by atoms with Crippen LogP contribution in [0.1, 0.15) is 25.7 Å². The Balaban J connectivity index is 1.75. The summed E-state index contributed by atoms with van der Waals surface area (Å²) < 4.78 is 24.5. The Labute approximate surface area is 148 Å². The molecule has 0 radical (unpaired) electrons. The average molecular weight is 365 g/mol. The highest BCUT2D eigenvalue weighted by Crippen LogP contribution is 2.28. The third kappa shape index (κ3) is 3.55. The fourth-order valence-electron chi connectivity index (χ4n) is 3.38. The molecule has 2 saturated heterocycles. The quantitative estimate of drug-likeness (QED) is 0.803. The highest BCUT2D eigenvalue weighted by molar-refractivity contribution is 7.88. The molecule has 8 heteroatoms. The van der Waals surface area contributed by atoms with Crippen LogP contribution in [0.3, 0.4) is 0 Å². The molecule has 1 aromatic carbocycles. The zero-order chi connectivity index (χ0) is 18.2. The number of hydrogen-bond donors (Lipinski definition) is 0. The van der Waals surface area contributed by atoms with Gasteiger partial charge in [-0.1, -0.05) is 0 Å². The smallest absolute Gasteiger partial charge is 0.245 e. The fourth-order valence-corrected chi connectivity index (χ4v) is 4.04. The van der Waals surface area contributed by atoms with Crippen LogP contribution in [0, 0.1) is 0 Å². The molecule has 0 spiro atoms. The van der Waals surface area contributed by atoms with Crippen LogP contribution in [0.5, 0.6) is 0 Å². The molecule has 25 heavy (non-hydrogen) atoms. The first-order valence-electron chi connectivity index (χ1n) is 8.44. The van der Waals surface area contributed by atoms with Crippen molar-refractivity contribution in [1.29, 1.82) is 0 Å². The van der Waals surface area contributed by atoms with Crippen LogP contribution < -0.4 is 9.80 Å². The third-order valence-electron chi connectivity index (χ3n) is 4.94. The Kier molecular flexibility index (Phi) is 4.83. The lowest BCUT2D eigenvalue weighted by atomic mass is 10.1. The highest BCUT2D eigenvalue weighted by atomic mass is 32.2. The number of likely N-dealkylation sites (N-methyl/N-ethyl adjacent to an activating group) is 1. The Hall–Kier alpha value is -1.93. The third-order valence-corrected chi connectivity index (χ3v) is 6.24. The summed E-state index contributed by atoms with van der Waals surface area (Å²) in [6, 6.07) is 6.67. The first kappa shape index (κ1) is 17.9. The SMILES string of the molecule is CN(C1CCN(c2ccc(N3CCCCC3=O)cc2)C1=O)S(C)(=O)=O. The number of carbonyl (C=O) groups excluding carboxylic acids is 2. The van der Waals surface area contributed by atoms with Gasteiger partial charge in [-0.15, -0.1) is 0 Å². The second kappa shape index (κ2) is 6.76. The highest BCUT2D eigenvalue weighted by Gasteiger charge is 2.38. The van der Waals surface area contributed by atoms with E-state index in [2.05, 4.69) is 0 Å². The summed E-state index contributed by atoms with van der Waals surface area (Å²) in [5.41, 5.74) is 1.56. The lowest BCUT2D eigenvalue weighted by Crippen LogP contribution is -2.42. The lowest BCUT2D eigenvalue weighted by Gasteiger charge is -2.27. The van der Waals surface area contributed by atoms with E-state index in [4.69, 9.17) is 0 Å². The van der Waals surface area contributed by atoms with E-state index in [1.165, 1.54) is 7.05 Å². The summed E-state index contributed by atoms with van der Waals surface area (Å²) >= 11 is 0. The monoisotopic (exact) mass is 365 g/mol. The zero-order valence-corrected chi connectivity index (χ0v) is 15.3. The second-order valence-electron chi connectivity index (χ2n) is 6.59. The second-order valence-corrected chi connectivity index (χ2v) is 8.63. The number of nitrogens with zero attached hydrogens (tertiary/aromatic N) is 3. The molecule has 0 N–H and O–H groups in total. The molecule has 2 aliphatic heterocycles. The minimum absolute atomic E-state index is 0.131. The minimum atomic E-state index is -3.41. The van der Waals surface area contributed by atoms with E-state index in [0.29, 0.717) is 19.4 Å². The normalized spacial score (nSPS) is 22.1. The molecule has 2 amide bonds. The molecule has 1 atom stereocenters. The zero-order valence-electron chi connectivity index (χ0n) is 14.5. The summed E-state index contributed by atoms with van der Waals surface area (Å²) in [4.78, 5) is 28.0. The lowest BCUT2D eigenvalue weighted by molar-refractivity contribution is -0.120. The van der Waals surface area contributed by atoms with Gasteiger partial charge in [-0.3, -0.25) is 9.59 Å². The number of benzene rings is 1. The summed E-state index contributed by atoms with van der Waals surface area (Å²) in [6.45, 7) is 1.20. The van der Waals surface area contributed by atoms with Gasteiger partial charge in [-0.25, -0.2) is 8.42 Å². The molecule has 0 saturated carbocycles. The van der Waals surface area contributed by atoms with E-state index in [-0.39, 0.29) is 11.8 Å². The van der Waals surface area contributed by atoms with E-state index >= 15 is 0 Å². The Morgan fingerprint density at radius 3 is 2.16 bits per heavy atom. The molecule has 1 unspecified atom stereocenters. The van der Waals surface area contributed by atoms with Crippen LogP contribution in [-0.2, 0) is 19.6 Å². The molecule has 2 heterocycles. The van der Waals surface area contributed by atoms with Gasteiger partial charge in [0.1, 0.15) is 6.04 Å². The van der Waals surface area contributed by atoms with E-state index in [1.54, 1.807) is 9.80 Å². The fraction of sp³-hybridized carbons (Fsp3) is 0.529. The Bertz CT molecular complexity index is 776. The molecular formula is C17H23N3O4S. The van der Waals surface area contributed by atoms with Gasteiger partial charge < -0.3 is 9.80 Å². The number of amides is 2. The number of rotatable bonds is 4. The first-order valence-corrected chi connectivity index (χ1v) is 10.3. The molecule has 2 fully saturated rings. The molecule has 0 aromatic heterocycles. The van der Waals surface area contributed by atoms with Gasteiger partial charge in [0.25, 0.3) is 0 Å². The van der Waals surface area contributed by atoms with Gasteiger partial charge in [-0.2, -0.15) is 4.31 Å². The van der Waals surface area contributed by atoms with E-state index in [9.17, 15) is 18.0 Å². The maximum atomic E-state index is 12.6. The van der Waals surface area contributed by atoms with Gasteiger partial charge in [-0.05, 0) is 43.5 Å². The molecule has 3 rings (SSSR count). The van der Waals surface area contributed by atoms with Crippen molar-refractivity contribution in [3.63, 3.8) is 0 Å². The van der Waals surface area contributed by atoms with Gasteiger partial charge in [0.2, 0.25) is 21.8 Å². The van der Waals surface area contributed by atoms with Crippen molar-refractivity contribution in [3.8, 4) is 0 Å². The van der Waals surface area contributed by atoms with E-state index in [0.717, 1.165) is 41.3 Å². The molecule has 2 aliphatic rings. The van der Waals surface area contributed by atoms with Crippen LogP contribution in [-0.4, -0.2) is 57.0 Å². The van der Waals surface area contributed by atoms with E-state index < -0.39 is 16.1 Å². The van der Waals surface area contributed by atoms with Crippen molar-refractivity contribution in [1.82, 2.24) is 4.31 Å². The van der Waals surface area contributed by atoms with Crippen LogP contribution >= 0.6 is 0 Å². The molecule has 0 aliphatic carbocycles. The maximum Gasteiger partial charge on any atom is 0.245 e. The number of piperidine rings is 1. The van der Waals surface area contributed by atoms with Gasteiger partial charge in [0, 0.05) is 37.9 Å². The maximum absolute atomic E-state index is 12.6. The number of sulfonamides is 1. The predicted octanol–water partition coefficient (Wildman–Crippen LogP) is 1.20. The van der Waals surface area contributed by atoms with Crippen molar-refractivity contribution in [2.75, 3.05) is 36.2 Å². The van der Waals surface area contributed by atoms with E-state index in [1.807, 2.05) is 24.3 Å². The van der Waals surface area contributed by atoms with Crippen molar-refractivity contribution in [2.24, 2.45) is 0 Å². The number of hydrogen-bond acceptors (Lipinski definition) is 4. The van der Waals surface area contributed by atoms with Gasteiger partial charge >= 0.3 is 0 Å². The average Bonchev–Trinajstić information content (AvgIpc) is 2.95. The van der Waals surface area contributed by atoms with Gasteiger partial charge in [0.15, 0.2) is 0 Å². The van der Waals surface area contributed by atoms with Crippen molar-refractivity contribution in [3.05, 3.63) is 24.3 Å². The topological polar surface area (TPSA) is 78.0 Å². The summed E-state index contributed by atoms with van der Waals surface area (Å²) in [5, 5.41) is 0. The Morgan fingerprint density at radius 2 is 1.60 bits per heavy atom. The van der Waals surface area contributed by atoms with Crippen LogP contribution in [0.15, 0.2) is 24.3 Å². The minimum Gasteiger partial charge on any atom is -0.312 e. The van der Waals surface area contributed by atoms with Crippen LogP contribution in [0.25, 0.3) is 0 Å². The van der Waals surface area contributed by atoms with Crippen molar-refractivity contribution >= 4 is 33.2 Å². The number of carbonyl (C=O) groups is 2. The molecule has 7 nitrogen and oxygen atoms in total. The summed E-state index contributed by atoms with van der Waals surface area (Å²) in [5.74, 6) is -0.0826. The summed E-state index contributed by atoms with van der Waals surface area (Å²) in [6.07, 6.45) is 4.08.